The van der Waals surface area contributed by atoms with E-state index in [1.54, 1.807) is 0 Å². The Labute approximate surface area is 112 Å². The van der Waals surface area contributed by atoms with Gasteiger partial charge in [0.2, 0.25) is 0 Å². The van der Waals surface area contributed by atoms with Crippen LogP contribution in [0.15, 0.2) is 12.1 Å². The van der Waals surface area contributed by atoms with Gasteiger partial charge in [-0.1, -0.05) is 0 Å². The fraction of sp³-hybridized carbons (Fsp3) is 0.571. The van der Waals surface area contributed by atoms with Gasteiger partial charge in [-0.3, -0.25) is 9.59 Å². The third-order valence-corrected chi connectivity index (χ3v) is 3.92. The zero-order valence-corrected chi connectivity index (χ0v) is 11.1. The lowest BCUT2D eigenvalue weighted by Crippen LogP contribution is -2.41. The van der Waals surface area contributed by atoms with Gasteiger partial charge in [0.15, 0.2) is 0 Å². The van der Waals surface area contributed by atoms with Crippen LogP contribution in [-0.2, 0) is 22.5 Å². The fourth-order valence-electron chi connectivity index (χ4n) is 2.70. The second-order valence-corrected chi connectivity index (χ2v) is 5.17. The van der Waals surface area contributed by atoms with E-state index in [1.807, 2.05) is 21.6 Å². The molecule has 1 aromatic heterocycles. The molecule has 0 bridgehead atoms. The van der Waals surface area contributed by atoms with Crippen molar-refractivity contribution in [3.63, 3.8) is 0 Å². The molecule has 2 aliphatic rings. The lowest BCUT2D eigenvalue weighted by Gasteiger charge is -2.29. The maximum Gasteiger partial charge on any atom is 0.305 e. The van der Waals surface area contributed by atoms with Gasteiger partial charge in [0.1, 0.15) is 5.69 Å². The molecule has 0 spiro atoms. The fourth-order valence-corrected chi connectivity index (χ4v) is 2.70. The Hall–Kier alpha value is -1.78. The quantitative estimate of drug-likeness (QED) is 0.766. The number of hydrogen-bond donors (Lipinski definition) is 0. The lowest BCUT2D eigenvalue weighted by atomic mass is 10.2. The van der Waals surface area contributed by atoms with Crippen LogP contribution in [0.25, 0.3) is 0 Å². The number of carbonyl (C=O) groups excluding carboxylic acids is 2. The van der Waals surface area contributed by atoms with Crippen LogP contribution in [0.1, 0.15) is 35.4 Å². The minimum Gasteiger partial charge on any atom is -0.469 e. The van der Waals surface area contributed by atoms with Crippen molar-refractivity contribution in [2.45, 2.75) is 38.3 Å². The summed E-state index contributed by atoms with van der Waals surface area (Å²) in [6, 6.07) is 4.30. The Morgan fingerprint density at radius 3 is 2.84 bits per heavy atom. The molecule has 1 saturated carbocycles. The first-order chi connectivity index (χ1) is 9.20. The molecule has 1 aliphatic heterocycles. The van der Waals surface area contributed by atoms with E-state index in [1.165, 1.54) is 7.11 Å². The average Bonchev–Trinajstić information content (AvgIpc) is 3.17. The summed E-state index contributed by atoms with van der Waals surface area (Å²) >= 11 is 0. The van der Waals surface area contributed by atoms with Crippen molar-refractivity contribution < 1.29 is 14.3 Å². The highest BCUT2D eigenvalue weighted by molar-refractivity contribution is 5.94. The number of hydrogen-bond acceptors (Lipinski definition) is 3. The molecule has 1 aliphatic carbocycles. The summed E-state index contributed by atoms with van der Waals surface area (Å²) in [6.07, 6.45) is 3.27. The van der Waals surface area contributed by atoms with Crippen LogP contribution >= 0.6 is 0 Å². The second-order valence-electron chi connectivity index (χ2n) is 5.17. The largest absolute Gasteiger partial charge is 0.469 e. The number of fused-ring (bicyclic) bond motifs is 1. The molecule has 0 N–H and O–H groups in total. The van der Waals surface area contributed by atoms with Gasteiger partial charge < -0.3 is 14.2 Å². The minimum atomic E-state index is -0.211. The van der Waals surface area contributed by atoms with Crippen LogP contribution in [0.4, 0.5) is 0 Å². The normalized spacial score (nSPS) is 18.4. The molecule has 0 atom stereocenters. The Morgan fingerprint density at radius 1 is 1.37 bits per heavy atom. The molecule has 0 unspecified atom stereocenters. The van der Waals surface area contributed by atoms with Gasteiger partial charge in [-0.15, -0.1) is 0 Å². The summed E-state index contributed by atoms with van der Waals surface area (Å²) in [6.45, 7) is 1.62. The Morgan fingerprint density at radius 2 is 2.16 bits per heavy atom. The highest BCUT2D eigenvalue weighted by atomic mass is 16.5. The zero-order chi connectivity index (χ0) is 13.4. The van der Waals surface area contributed by atoms with Gasteiger partial charge in [0, 0.05) is 24.8 Å². The number of carbonyl (C=O) groups is 2. The van der Waals surface area contributed by atoms with Crippen LogP contribution in [-0.4, -0.2) is 41.0 Å². The molecular formula is C14H18N2O3. The molecule has 1 aromatic rings. The highest BCUT2D eigenvalue weighted by Gasteiger charge is 2.36. The smallest absolute Gasteiger partial charge is 0.305 e. The van der Waals surface area contributed by atoms with E-state index < -0.39 is 0 Å². The average molecular weight is 262 g/mol. The molecule has 1 fully saturated rings. The number of ether oxygens (including phenoxy) is 1. The number of rotatable bonds is 4. The van der Waals surface area contributed by atoms with Crippen molar-refractivity contribution in [2.75, 3.05) is 13.7 Å². The Kier molecular flexibility index (Phi) is 3.05. The maximum absolute atomic E-state index is 12.3. The molecule has 5 nitrogen and oxygen atoms in total. The van der Waals surface area contributed by atoms with Crippen LogP contribution < -0.4 is 0 Å². The van der Waals surface area contributed by atoms with Crippen LogP contribution in [0.2, 0.25) is 0 Å². The predicted molar refractivity (Wildman–Crippen MR) is 68.8 cm³/mol. The number of methoxy groups -OCH3 is 1. The van der Waals surface area contributed by atoms with Gasteiger partial charge in [-0.2, -0.15) is 0 Å². The van der Waals surface area contributed by atoms with E-state index in [0.717, 1.165) is 37.3 Å². The van der Waals surface area contributed by atoms with E-state index in [4.69, 9.17) is 0 Å². The van der Waals surface area contributed by atoms with Gasteiger partial charge in [0.05, 0.1) is 13.5 Å². The van der Waals surface area contributed by atoms with E-state index in [2.05, 4.69) is 4.74 Å². The molecule has 0 saturated heterocycles. The predicted octanol–water partition coefficient (Wildman–Crippen LogP) is 1.21. The third kappa shape index (κ3) is 2.25. The summed E-state index contributed by atoms with van der Waals surface area (Å²) in [5.41, 5.74) is 1.81. The molecule has 5 heteroatoms. The van der Waals surface area contributed by atoms with Crippen molar-refractivity contribution >= 4 is 11.9 Å². The molecule has 1 amide bonds. The van der Waals surface area contributed by atoms with Gasteiger partial charge >= 0.3 is 5.97 Å². The van der Waals surface area contributed by atoms with E-state index in [-0.39, 0.29) is 11.9 Å². The highest BCUT2D eigenvalue weighted by Crippen LogP contribution is 2.30. The van der Waals surface area contributed by atoms with Crippen molar-refractivity contribution in [1.29, 1.82) is 0 Å². The number of amides is 1. The first-order valence-corrected chi connectivity index (χ1v) is 6.77. The summed E-state index contributed by atoms with van der Waals surface area (Å²) < 4.78 is 6.69. The molecule has 102 valence electrons. The molecule has 3 rings (SSSR count). The number of nitrogens with zero attached hydrogens (tertiary/aromatic N) is 2. The second kappa shape index (κ2) is 4.72. The first kappa shape index (κ1) is 12.3. The SMILES string of the molecule is COC(=O)CCc1ccc2n1CCN(C1CC1)C2=O. The number of aromatic nitrogens is 1. The summed E-state index contributed by atoms with van der Waals surface area (Å²) in [5, 5.41) is 0. The van der Waals surface area contributed by atoms with Crippen LogP contribution in [0.5, 0.6) is 0 Å². The Bertz CT molecular complexity index is 517. The third-order valence-electron chi connectivity index (χ3n) is 3.92. The monoisotopic (exact) mass is 262 g/mol. The zero-order valence-electron chi connectivity index (χ0n) is 11.1. The summed E-state index contributed by atoms with van der Waals surface area (Å²) in [4.78, 5) is 25.5. The Balaban J connectivity index is 1.74. The van der Waals surface area contributed by atoms with E-state index in [0.29, 0.717) is 18.9 Å². The lowest BCUT2D eigenvalue weighted by molar-refractivity contribution is -0.140. The van der Waals surface area contributed by atoms with Crippen molar-refractivity contribution in [2.24, 2.45) is 0 Å². The van der Waals surface area contributed by atoms with E-state index in [9.17, 15) is 9.59 Å². The standard InChI is InChI=1S/C14H18N2O3/c1-19-13(17)7-5-10-4-6-12-14(18)16(11-2-3-11)9-8-15(10)12/h4,6,11H,2-3,5,7-9H2,1H3. The summed E-state index contributed by atoms with van der Waals surface area (Å²) in [7, 11) is 1.40. The number of esters is 1. The number of aryl methyl sites for hydroxylation is 1. The van der Waals surface area contributed by atoms with Crippen molar-refractivity contribution in [1.82, 2.24) is 9.47 Å². The molecular weight excluding hydrogens is 244 g/mol. The summed E-state index contributed by atoms with van der Waals surface area (Å²) in [5.74, 6) is -0.0737. The van der Waals surface area contributed by atoms with Crippen molar-refractivity contribution in [3.8, 4) is 0 Å². The van der Waals surface area contributed by atoms with Gasteiger partial charge in [-0.25, -0.2) is 0 Å². The van der Waals surface area contributed by atoms with Gasteiger partial charge in [-0.05, 0) is 31.4 Å². The van der Waals surface area contributed by atoms with E-state index >= 15 is 0 Å². The molecule has 2 heterocycles. The molecule has 19 heavy (non-hydrogen) atoms. The topological polar surface area (TPSA) is 51.5 Å². The molecule has 0 radical (unpaired) electrons. The maximum atomic E-state index is 12.3. The van der Waals surface area contributed by atoms with Crippen molar-refractivity contribution in [3.05, 3.63) is 23.5 Å². The van der Waals surface area contributed by atoms with Crippen LogP contribution in [0, 0.1) is 0 Å². The minimum absolute atomic E-state index is 0.137. The van der Waals surface area contributed by atoms with Crippen LogP contribution in [0.3, 0.4) is 0 Å². The molecule has 0 aromatic carbocycles. The first-order valence-electron chi connectivity index (χ1n) is 6.77. The van der Waals surface area contributed by atoms with Gasteiger partial charge in [0.25, 0.3) is 5.91 Å².